The van der Waals surface area contributed by atoms with E-state index in [9.17, 15) is 9.59 Å². The van der Waals surface area contributed by atoms with Crippen LogP contribution in [0, 0.1) is 0 Å². The van der Waals surface area contributed by atoms with E-state index in [-0.39, 0.29) is 0 Å². The van der Waals surface area contributed by atoms with Crippen molar-refractivity contribution in [1.29, 1.82) is 0 Å². The second-order valence-electron chi connectivity index (χ2n) is 2.03. The number of amides is 1. The van der Waals surface area contributed by atoms with Gasteiger partial charge in [0.1, 0.15) is 0 Å². The molecule has 0 fully saturated rings. The maximum absolute atomic E-state index is 10.6. The molecule has 6 nitrogen and oxygen atoms in total. The number of methoxy groups -OCH3 is 1. The van der Waals surface area contributed by atoms with Gasteiger partial charge in [-0.15, -0.1) is 0 Å². The van der Waals surface area contributed by atoms with Gasteiger partial charge in [0.25, 0.3) is 5.91 Å². The molecule has 2 atom stereocenters. The van der Waals surface area contributed by atoms with Crippen LogP contribution in [-0.2, 0) is 14.3 Å². The third-order valence-electron chi connectivity index (χ3n) is 1.26. The zero-order chi connectivity index (χ0) is 9.72. The molecule has 70 valence electrons. The molecule has 0 aromatic heterocycles. The lowest BCUT2D eigenvalue weighted by Crippen LogP contribution is -2.44. The van der Waals surface area contributed by atoms with Crippen LogP contribution in [0.15, 0.2) is 0 Å². The summed E-state index contributed by atoms with van der Waals surface area (Å²) in [6.45, 7) is 0. The second-order valence-corrected chi connectivity index (χ2v) is 2.03. The van der Waals surface area contributed by atoms with E-state index in [1.807, 2.05) is 0 Å². The monoisotopic (exact) mass is 177 g/mol. The van der Waals surface area contributed by atoms with E-state index in [0.717, 1.165) is 7.11 Å². The van der Waals surface area contributed by atoms with Crippen molar-refractivity contribution in [2.45, 2.75) is 12.2 Å². The highest BCUT2D eigenvalue weighted by Gasteiger charge is 2.30. The molecule has 0 saturated heterocycles. The SMILES string of the molecule is CNC(=O)[C@H](O)[C@@H](O)C(=O)OC. The molecule has 0 aliphatic heterocycles. The molecule has 0 radical (unpaired) electrons. The quantitative estimate of drug-likeness (QED) is 0.419. The van der Waals surface area contributed by atoms with E-state index in [2.05, 4.69) is 10.1 Å². The Morgan fingerprint density at radius 3 is 2.17 bits per heavy atom. The lowest BCUT2D eigenvalue weighted by molar-refractivity contribution is -0.161. The van der Waals surface area contributed by atoms with E-state index < -0.39 is 24.1 Å². The first-order chi connectivity index (χ1) is 5.54. The van der Waals surface area contributed by atoms with Crippen molar-refractivity contribution in [3.8, 4) is 0 Å². The van der Waals surface area contributed by atoms with Crippen molar-refractivity contribution in [2.24, 2.45) is 0 Å². The average molecular weight is 177 g/mol. The first kappa shape index (κ1) is 10.9. The fraction of sp³-hybridized carbons (Fsp3) is 0.667. The highest BCUT2D eigenvalue weighted by molar-refractivity contribution is 5.88. The van der Waals surface area contributed by atoms with Gasteiger partial charge in [-0.1, -0.05) is 0 Å². The van der Waals surface area contributed by atoms with Crippen molar-refractivity contribution in [2.75, 3.05) is 14.2 Å². The van der Waals surface area contributed by atoms with Crippen LogP contribution >= 0.6 is 0 Å². The van der Waals surface area contributed by atoms with Crippen LogP contribution in [0.5, 0.6) is 0 Å². The van der Waals surface area contributed by atoms with E-state index in [1.54, 1.807) is 0 Å². The Bertz CT molecular complexity index is 161. The van der Waals surface area contributed by atoms with Gasteiger partial charge in [0.05, 0.1) is 7.11 Å². The average Bonchev–Trinajstić information content (AvgIpc) is 2.12. The first-order valence-electron chi connectivity index (χ1n) is 3.20. The Kier molecular flexibility index (Phi) is 4.24. The molecule has 6 heteroatoms. The smallest absolute Gasteiger partial charge is 0.338 e. The van der Waals surface area contributed by atoms with E-state index in [4.69, 9.17) is 10.2 Å². The van der Waals surface area contributed by atoms with Gasteiger partial charge < -0.3 is 20.3 Å². The maximum atomic E-state index is 10.6. The summed E-state index contributed by atoms with van der Waals surface area (Å²) < 4.78 is 4.10. The molecule has 12 heavy (non-hydrogen) atoms. The van der Waals surface area contributed by atoms with Gasteiger partial charge >= 0.3 is 5.97 Å². The molecular formula is C6H11NO5. The Labute approximate surface area is 69.1 Å². The van der Waals surface area contributed by atoms with Crippen molar-refractivity contribution in [3.05, 3.63) is 0 Å². The van der Waals surface area contributed by atoms with Gasteiger partial charge in [-0.2, -0.15) is 0 Å². The number of hydrogen-bond donors (Lipinski definition) is 3. The number of aliphatic hydroxyl groups is 2. The predicted octanol–water partition coefficient (Wildman–Crippen LogP) is -2.37. The summed E-state index contributed by atoms with van der Waals surface area (Å²) in [6, 6.07) is 0. The molecule has 0 aliphatic carbocycles. The van der Waals surface area contributed by atoms with Gasteiger partial charge in [0.2, 0.25) is 0 Å². The molecule has 0 aliphatic rings. The number of carbonyl (C=O) groups excluding carboxylic acids is 2. The van der Waals surface area contributed by atoms with Gasteiger partial charge in [0.15, 0.2) is 12.2 Å². The molecular weight excluding hydrogens is 166 g/mol. The van der Waals surface area contributed by atoms with Crippen molar-refractivity contribution >= 4 is 11.9 Å². The molecule has 0 rings (SSSR count). The zero-order valence-corrected chi connectivity index (χ0v) is 6.77. The summed E-state index contributed by atoms with van der Waals surface area (Å²) in [5.74, 6) is -1.89. The van der Waals surface area contributed by atoms with E-state index >= 15 is 0 Å². The minimum atomic E-state index is -1.84. The van der Waals surface area contributed by atoms with Crippen LogP contribution in [0.25, 0.3) is 0 Å². The molecule has 0 spiro atoms. The Morgan fingerprint density at radius 1 is 1.33 bits per heavy atom. The van der Waals surface area contributed by atoms with Crippen LogP contribution in [0.3, 0.4) is 0 Å². The van der Waals surface area contributed by atoms with E-state index in [1.165, 1.54) is 7.05 Å². The predicted molar refractivity (Wildman–Crippen MR) is 38.1 cm³/mol. The zero-order valence-electron chi connectivity index (χ0n) is 6.77. The van der Waals surface area contributed by atoms with Crippen LogP contribution in [0.4, 0.5) is 0 Å². The number of likely N-dealkylation sites (N-methyl/N-ethyl adjacent to an activating group) is 1. The summed E-state index contributed by atoms with van der Waals surface area (Å²) in [7, 11) is 2.32. The van der Waals surface area contributed by atoms with Gasteiger partial charge in [-0.3, -0.25) is 4.79 Å². The minimum absolute atomic E-state index is 0.840. The first-order valence-corrected chi connectivity index (χ1v) is 3.20. The molecule has 0 unspecified atom stereocenters. The lowest BCUT2D eigenvalue weighted by atomic mass is 10.2. The molecule has 0 heterocycles. The number of aliphatic hydroxyl groups excluding tert-OH is 2. The Morgan fingerprint density at radius 2 is 1.83 bits per heavy atom. The second kappa shape index (κ2) is 4.68. The van der Waals surface area contributed by atoms with Crippen molar-refractivity contribution in [1.82, 2.24) is 5.32 Å². The van der Waals surface area contributed by atoms with Gasteiger partial charge in [-0.05, 0) is 0 Å². The Hall–Kier alpha value is -1.14. The molecule has 1 amide bonds. The molecule has 3 N–H and O–H groups in total. The third-order valence-corrected chi connectivity index (χ3v) is 1.26. The van der Waals surface area contributed by atoms with Crippen molar-refractivity contribution < 1.29 is 24.5 Å². The van der Waals surface area contributed by atoms with Crippen LogP contribution < -0.4 is 5.32 Å². The largest absolute Gasteiger partial charge is 0.467 e. The van der Waals surface area contributed by atoms with Crippen LogP contribution in [0.1, 0.15) is 0 Å². The van der Waals surface area contributed by atoms with Gasteiger partial charge in [0, 0.05) is 7.05 Å². The van der Waals surface area contributed by atoms with Gasteiger partial charge in [-0.25, -0.2) is 4.79 Å². The minimum Gasteiger partial charge on any atom is -0.467 e. The number of nitrogens with one attached hydrogen (secondary N) is 1. The molecule has 0 saturated carbocycles. The molecule has 0 aromatic rings. The number of rotatable bonds is 3. The topological polar surface area (TPSA) is 95.9 Å². The third kappa shape index (κ3) is 2.48. The molecule has 0 aromatic carbocycles. The fourth-order valence-corrected chi connectivity index (χ4v) is 0.541. The highest BCUT2D eigenvalue weighted by atomic mass is 16.5. The number of esters is 1. The summed E-state index contributed by atoms with van der Waals surface area (Å²) in [6.07, 6.45) is -3.63. The summed E-state index contributed by atoms with van der Waals surface area (Å²) in [5, 5.41) is 19.9. The van der Waals surface area contributed by atoms with E-state index in [0.29, 0.717) is 0 Å². The number of hydrogen-bond acceptors (Lipinski definition) is 5. The summed E-state index contributed by atoms with van der Waals surface area (Å²) >= 11 is 0. The standard InChI is InChI=1S/C6H11NO5/c1-7-5(10)3(8)4(9)6(11)12-2/h3-4,8-9H,1-2H3,(H,7,10)/t3-,4-/m1/s1. The fourth-order valence-electron chi connectivity index (χ4n) is 0.541. The highest BCUT2D eigenvalue weighted by Crippen LogP contribution is 1.95. The lowest BCUT2D eigenvalue weighted by Gasteiger charge is -2.13. The van der Waals surface area contributed by atoms with Crippen LogP contribution in [0.2, 0.25) is 0 Å². The molecule has 0 bridgehead atoms. The number of carbonyl (C=O) groups is 2. The summed E-state index contributed by atoms with van der Waals surface area (Å²) in [5.41, 5.74) is 0. The Balaban J connectivity index is 4.18. The number of ether oxygens (including phenoxy) is 1. The summed E-state index contributed by atoms with van der Waals surface area (Å²) in [4.78, 5) is 21.2. The maximum Gasteiger partial charge on any atom is 0.338 e. The van der Waals surface area contributed by atoms with Crippen LogP contribution in [-0.4, -0.2) is 48.5 Å². The van der Waals surface area contributed by atoms with Crippen molar-refractivity contribution in [3.63, 3.8) is 0 Å². The normalized spacial score (nSPS) is 14.7.